The Hall–Kier alpha value is -2.86. The van der Waals surface area contributed by atoms with Crippen LogP contribution in [0.2, 0.25) is 5.02 Å². The van der Waals surface area contributed by atoms with Gasteiger partial charge in [-0.15, -0.1) is 10.2 Å². The number of urea groups is 1. The molecule has 7 heteroatoms. The van der Waals surface area contributed by atoms with Gasteiger partial charge in [0, 0.05) is 11.6 Å². The molecule has 3 aromatic rings. The molecule has 2 aromatic carbocycles. The van der Waals surface area contributed by atoms with E-state index < -0.39 is 0 Å². The van der Waals surface area contributed by atoms with Crippen LogP contribution >= 0.6 is 11.6 Å². The lowest BCUT2D eigenvalue weighted by atomic mass is 9.88. The van der Waals surface area contributed by atoms with Gasteiger partial charge in [0.05, 0.1) is 18.6 Å². The molecule has 32 heavy (non-hydrogen) atoms. The highest BCUT2D eigenvalue weighted by Gasteiger charge is 2.35. The standard InChI is InChI=1S/C25H28ClN5O/c1-17-28-29-24(31(17)16-18-11-13-20(26)14-12-18)23-10-5-15-30(23)25(32)27-22-9-4-7-19-6-2-3-8-21(19)22/h2-3,6,8,11-14,22-23H,4-5,7,9-10,15-16H2,1H3,(H,27,32)/t22-,23+/m0/s1. The number of aryl methyl sites for hydroxylation is 2. The number of rotatable bonds is 4. The summed E-state index contributed by atoms with van der Waals surface area (Å²) in [4.78, 5) is 15.3. The average Bonchev–Trinajstić information content (AvgIpc) is 3.42. The number of carbonyl (C=O) groups excluding carboxylic acids is 1. The zero-order valence-corrected chi connectivity index (χ0v) is 19.1. The van der Waals surface area contributed by atoms with Crippen molar-refractivity contribution in [1.82, 2.24) is 25.0 Å². The third-order valence-electron chi connectivity index (χ3n) is 6.70. The molecule has 2 aliphatic rings. The summed E-state index contributed by atoms with van der Waals surface area (Å²) in [5.41, 5.74) is 3.73. The molecule has 2 heterocycles. The monoisotopic (exact) mass is 449 g/mol. The van der Waals surface area contributed by atoms with Crippen molar-refractivity contribution in [1.29, 1.82) is 0 Å². The molecule has 0 spiro atoms. The van der Waals surface area contributed by atoms with Crippen LogP contribution in [0.3, 0.4) is 0 Å². The fraction of sp³-hybridized carbons (Fsp3) is 0.400. The first-order valence-corrected chi connectivity index (χ1v) is 11.8. The Morgan fingerprint density at radius 2 is 1.91 bits per heavy atom. The van der Waals surface area contributed by atoms with Crippen LogP contribution in [-0.2, 0) is 13.0 Å². The SMILES string of the molecule is Cc1nnc([C@H]2CCCN2C(=O)N[C@H]2CCCc3ccccc32)n1Cc1ccc(Cl)cc1. The zero-order valence-electron chi connectivity index (χ0n) is 18.3. The third kappa shape index (κ3) is 4.11. The molecule has 1 saturated heterocycles. The summed E-state index contributed by atoms with van der Waals surface area (Å²) in [6, 6.07) is 16.3. The summed E-state index contributed by atoms with van der Waals surface area (Å²) in [5, 5.41) is 12.9. The minimum absolute atomic E-state index is 0.00657. The quantitative estimate of drug-likeness (QED) is 0.594. The fourth-order valence-corrected chi connectivity index (χ4v) is 5.15. The summed E-state index contributed by atoms with van der Waals surface area (Å²) < 4.78 is 2.12. The predicted octanol–water partition coefficient (Wildman–Crippen LogP) is 5.21. The van der Waals surface area contributed by atoms with Crippen LogP contribution in [0.25, 0.3) is 0 Å². The zero-order chi connectivity index (χ0) is 22.1. The van der Waals surface area contributed by atoms with Crippen LogP contribution in [0.1, 0.15) is 66.1 Å². The molecule has 1 aliphatic carbocycles. The molecule has 2 amide bonds. The third-order valence-corrected chi connectivity index (χ3v) is 6.95. The summed E-state index contributed by atoms with van der Waals surface area (Å²) >= 11 is 6.04. The molecule has 0 bridgehead atoms. The van der Waals surface area contributed by atoms with E-state index >= 15 is 0 Å². The minimum atomic E-state index is -0.0673. The second-order valence-corrected chi connectivity index (χ2v) is 9.20. The van der Waals surface area contributed by atoms with Gasteiger partial charge >= 0.3 is 6.03 Å². The first-order chi connectivity index (χ1) is 15.6. The number of nitrogens with zero attached hydrogens (tertiary/aromatic N) is 4. The van der Waals surface area contributed by atoms with Crippen LogP contribution in [-0.4, -0.2) is 32.2 Å². The van der Waals surface area contributed by atoms with E-state index in [9.17, 15) is 4.79 Å². The van der Waals surface area contributed by atoms with Crippen molar-refractivity contribution < 1.29 is 4.79 Å². The Morgan fingerprint density at radius 3 is 2.75 bits per heavy atom. The normalized spacial score (nSPS) is 20.2. The number of halogens is 1. The number of amides is 2. The second kappa shape index (κ2) is 8.94. The molecule has 0 saturated carbocycles. The molecule has 1 N–H and O–H groups in total. The molecule has 2 atom stereocenters. The highest BCUT2D eigenvalue weighted by atomic mass is 35.5. The number of fused-ring (bicyclic) bond motifs is 1. The van der Waals surface area contributed by atoms with Crippen molar-refractivity contribution in [3.63, 3.8) is 0 Å². The maximum atomic E-state index is 13.4. The van der Waals surface area contributed by atoms with Gasteiger partial charge in [0.15, 0.2) is 5.82 Å². The second-order valence-electron chi connectivity index (χ2n) is 8.76. The Morgan fingerprint density at radius 1 is 1.09 bits per heavy atom. The highest BCUT2D eigenvalue weighted by Crippen LogP contribution is 2.34. The van der Waals surface area contributed by atoms with Gasteiger partial charge in [-0.25, -0.2) is 4.79 Å². The van der Waals surface area contributed by atoms with Gasteiger partial charge in [-0.2, -0.15) is 0 Å². The van der Waals surface area contributed by atoms with Gasteiger partial charge in [0.1, 0.15) is 5.82 Å². The summed E-state index contributed by atoms with van der Waals surface area (Å²) in [6.45, 7) is 3.36. The molecule has 5 rings (SSSR count). The Kier molecular flexibility index (Phi) is 5.87. The van der Waals surface area contributed by atoms with Crippen LogP contribution < -0.4 is 5.32 Å². The summed E-state index contributed by atoms with van der Waals surface area (Å²) in [6.07, 6.45) is 5.02. The fourth-order valence-electron chi connectivity index (χ4n) is 5.03. The van der Waals surface area contributed by atoms with Gasteiger partial charge in [-0.1, -0.05) is 48.0 Å². The lowest BCUT2D eigenvalue weighted by Gasteiger charge is -2.30. The lowest BCUT2D eigenvalue weighted by molar-refractivity contribution is 0.184. The maximum Gasteiger partial charge on any atom is 0.318 e. The van der Waals surface area contributed by atoms with Crippen LogP contribution in [0.5, 0.6) is 0 Å². The molecular formula is C25H28ClN5O. The molecule has 1 fully saturated rings. The number of likely N-dealkylation sites (tertiary alicyclic amines) is 1. The summed E-state index contributed by atoms with van der Waals surface area (Å²) in [5.74, 6) is 1.71. The van der Waals surface area contributed by atoms with Crippen molar-refractivity contribution >= 4 is 17.6 Å². The summed E-state index contributed by atoms with van der Waals surface area (Å²) in [7, 11) is 0. The van der Waals surface area contributed by atoms with E-state index in [0.717, 1.165) is 60.9 Å². The van der Waals surface area contributed by atoms with Gasteiger partial charge < -0.3 is 14.8 Å². The molecule has 1 aliphatic heterocycles. The van der Waals surface area contributed by atoms with E-state index in [2.05, 4.69) is 44.3 Å². The molecular weight excluding hydrogens is 422 g/mol. The van der Waals surface area contributed by atoms with Gasteiger partial charge in [0.2, 0.25) is 0 Å². The number of hydrogen-bond acceptors (Lipinski definition) is 3. The van der Waals surface area contributed by atoms with E-state index in [1.54, 1.807) is 0 Å². The largest absolute Gasteiger partial charge is 0.331 e. The predicted molar refractivity (Wildman–Crippen MR) is 125 cm³/mol. The topological polar surface area (TPSA) is 63.1 Å². The number of carbonyl (C=O) groups is 1. The van der Waals surface area contributed by atoms with Crippen molar-refractivity contribution in [3.8, 4) is 0 Å². The number of benzene rings is 2. The Bertz CT molecular complexity index is 1110. The highest BCUT2D eigenvalue weighted by molar-refractivity contribution is 6.30. The van der Waals surface area contributed by atoms with Gasteiger partial charge in [-0.3, -0.25) is 0 Å². The molecule has 166 valence electrons. The van der Waals surface area contributed by atoms with E-state index in [1.165, 1.54) is 11.1 Å². The van der Waals surface area contributed by atoms with Crippen molar-refractivity contribution in [2.45, 2.75) is 57.7 Å². The minimum Gasteiger partial charge on any atom is -0.331 e. The number of hydrogen-bond donors (Lipinski definition) is 1. The van der Waals surface area contributed by atoms with Gasteiger partial charge in [-0.05, 0) is 67.9 Å². The van der Waals surface area contributed by atoms with Crippen molar-refractivity contribution in [3.05, 3.63) is 81.9 Å². The van der Waals surface area contributed by atoms with E-state index in [0.29, 0.717) is 6.54 Å². The van der Waals surface area contributed by atoms with E-state index in [4.69, 9.17) is 11.6 Å². The van der Waals surface area contributed by atoms with Crippen LogP contribution in [0.4, 0.5) is 4.79 Å². The lowest BCUT2D eigenvalue weighted by Crippen LogP contribution is -2.42. The Labute approximate surface area is 193 Å². The molecule has 0 radical (unpaired) electrons. The number of aromatic nitrogens is 3. The molecule has 1 aromatic heterocycles. The van der Waals surface area contributed by atoms with Crippen molar-refractivity contribution in [2.24, 2.45) is 0 Å². The molecule has 0 unspecified atom stereocenters. The van der Waals surface area contributed by atoms with E-state index in [-0.39, 0.29) is 18.1 Å². The Balaban J connectivity index is 1.35. The van der Waals surface area contributed by atoms with Gasteiger partial charge in [0.25, 0.3) is 0 Å². The number of nitrogens with one attached hydrogen (secondary N) is 1. The van der Waals surface area contributed by atoms with Crippen LogP contribution in [0, 0.1) is 6.92 Å². The molecule has 6 nitrogen and oxygen atoms in total. The average molecular weight is 450 g/mol. The van der Waals surface area contributed by atoms with Crippen molar-refractivity contribution in [2.75, 3.05) is 6.54 Å². The smallest absolute Gasteiger partial charge is 0.318 e. The van der Waals surface area contributed by atoms with Crippen LogP contribution in [0.15, 0.2) is 48.5 Å². The van der Waals surface area contributed by atoms with E-state index in [1.807, 2.05) is 36.1 Å². The first kappa shape index (κ1) is 21.0. The first-order valence-electron chi connectivity index (χ1n) is 11.4. The maximum absolute atomic E-state index is 13.4.